The van der Waals surface area contributed by atoms with Crippen molar-refractivity contribution in [2.45, 2.75) is 19.3 Å². The zero-order chi connectivity index (χ0) is 77.6. The van der Waals surface area contributed by atoms with Crippen LogP contribution in [0.25, 0.3) is 198 Å². The fraction of sp³-hybridized carbons (Fsp3) is 0.0270. The topological polar surface area (TPSA) is 32.8 Å². The number of hydrogen-bond acceptors (Lipinski definition) is 1. The van der Waals surface area contributed by atoms with E-state index in [4.69, 9.17) is 0 Å². The van der Waals surface area contributed by atoms with Gasteiger partial charge in [-0.05, 0) is 202 Å². The molecular weight excluding hydrogens is 1430 g/mol. The van der Waals surface area contributed by atoms with E-state index in [9.17, 15) is 0 Å². The maximum atomic E-state index is 2.56. The second-order valence-corrected chi connectivity index (χ2v) is 32.3. The quantitative estimate of drug-likeness (QED) is 0.127. The van der Waals surface area contributed by atoms with Crippen LogP contribution in [-0.4, -0.2) is 27.4 Å². The Morgan fingerprint density at radius 3 is 1.03 bits per heavy atom. The van der Waals surface area contributed by atoms with Gasteiger partial charge in [0.2, 0.25) is 0 Å². The molecule has 0 saturated heterocycles. The molecule has 1 aliphatic rings. The molecule has 0 fully saturated rings. The van der Waals surface area contributed by atoms with E-state index in [0.717, 1.165) is 112 Å². The first kappa shape index (κ1) is 66.0. The van der Waals surface area contributed by atoms with Gasteiger partial charge in [-0.15, -0.1) is 0 Å². The van der Waals surface area contributed by atoms with Gasteiger partial charge < -0.3 is 32.3 Å². The summed E-state index contributed by atoms with van der Waals surface area (Å²) in [5.41, 5.74) is 33.4. The first-order valence-electron chi connectivity index (χ1n) is 40.9. The summed E-state index contributed by atoms with van der Waals surface area (Å²) in [6.45, 7) is 4.76. The highest BCUT2D eigenvalue weighted by atomic mass is 15.2. The van der Waals surface area contributed by atoms with Crippen LogP contribution >= 0.6 is 0 Å². The maximum absolute atomic E-state index is 2.56. The van der Waals surface area contributed by atoms with Crippen molar-refractivity contribution in [2.75, 3.05) is 4.90 Å². The Bertz CT molecular complexity index is 8250. The molecule has 7 nitrogen and oxygen atoms in total. The molecule has 0 radical (unpaired) electrons. The average Bonchev–Trinajstić information content (AvgIpc) is 1.56. The van der Waals surface area contributed by atoms with Gasteiger partial charge >= 0.3 is 0 Å². The summed E-state index contributed by atoms with van der Waals surface area (Å²) in [5, 5.41) is 14.4. The highest BCUT2D eigenvalue weighted by Gasteiger charge is 2.37. The third kappa shape index (κ3) is 9.46. The third-order valence-corrected chi connectivity index (χ3v) is 25.7. The summed E-state index contributed by atoms with van der Waals surface area (Å²) in [6, 6.07) is 152. The SMILES string of the molecule is CC1(C)c2ccccc2-c2c(-c3cc(-n4c5ccccc5c5cc(-c6ccc7c(c6)c6ccccc6n7-c6cccc7c6c6ccccc6n7-c6cc(N(c7ccccc7)c7ccccc7)cc(-n7c8ccccc8c8c(-n9c%10ccccc%10c%10ccccc%109)cccc87)c6)ccc54)c4c5ccccc5n(-c5ccccc5)c4c3)cccc21. The predicted octanol–water partition coefficient (Wildman–Crippen LogP) is 29.4. The Morgan fingerprint density at radius 1 is 0.195 bits per heavy atom. The van der Waals surface area contributed by atoms with Gasteiger partial charge in [0, 0.05) is 87.1 Å². The molecule has 0 spiro atoms. The van der Waals surface area contributed by atoms with Gasteiger partial charge in [-0.3, -0.25) is 0 Å². The molecule has 6 heterocycles. The van der Waals surface area contributed by atoms with E-state index in [1.807, 2.05) is 0 Å². The molecule has 0 aliphatic heterocycles. The third-order valence-electron chi connectivity index (χ3n) is 25.7. The lowest BCUT2D eigenvalue weighted by Crippen LogP contribution is -2.14. The van der Waals surface area contributed by atoms with Gasteiger partial charge in [0.05, 0.1) is 100 Å². The number of hydrogen-bond donors (Lipinski definition) is 0. The standard InChI is InChI=1S/C111H73N7/c1-111(2)90-46-20-12-41-84(90)107-79(45-28-47-91(107)111)72-65-105-110(87-44-19-25-52-96(87)113(105)75-35-10-5-11-36-75)106(66-72)118-95-51-24-16-40-83(95)89-64-71(60-62-100(89)118)70-59-61-99-88(63-70)82-39-15-23-50-94(82)117(99)104-58-30-56-102-109(104)86-43-18-27-54-98(86)115(102)78-68-76(112(73-31-6-3-7-32-73)74-33-8-4-9-34-74)67-77(69-78)114-97-53-26-17-42-85(97)108-101(114)55-29-57-103(108)116-92-48-21-13-37-80(92)81-38-14-22-49-93(81)116/h3-69H,1-2H3. The van der Waals surface area contributed by atoms with Crippen LogP contribution in [0.15, 0.2) is 406 Å². The Balaban J connectivity index is 0.674. The number of nitrogens with zero attached hydrogens (tertiary/aromatic N) is 7. The number of rotatable bonds is 11. The van der Waals surface area contributed by atoms with Crippen molar-refractivity contribution in [3.63, 3.8) is 0 Å². The molecule has 25 rings (SSSR count). The van der Waals surface area contributed by atoms with Gasteiger partial charge in [0.25, 0.3) is 0 Å². The molecule has 0 saturated carbocycles. The summed E-state index contributed by atoms with van der Waals surface area (Å²) in [6.07, 6.45) is 0. The Labute approximate surface area is 680 Å². The van der Waals surface area contributed by atoms with E-state index in [0.29, 0.717) is 0 Å². The predicted molar refractivity (Wildman–Crippen MR) is 496 cm³/mol. The Morgan fingerprint density at radius 2 is 0.542 bits per heavy atom. The van der Waals surface area contributed by atoms with Gasteiger partial charge in [-0.1, -0.05) is 263 Å². The lowest BCUT2D eigenvalue weighted by molar-refractivity contribution is 0.660. The van der Waals surface area contributed by atoms with Crippen molar-refractivity contribution in [1.29, 1.82) is 0 Å². The van der Waals surface area contributed by atoms with Crippen molar-refractivity contribution in [3.05, 3.63) is 418 Å². The van der Waals surface area contributed by atoms with Crippen molar-refractivity contribution in [1.82, 2.24) is 27.4 Å². The molecule has 6 aromatic heterocycles. The molecule has 7 heteroatoms. The van der Waals surface area contributed by atoms with Gasteiger partial charge in [0.1, 0.15) is 0 Å². The number of para-hydroxylation sites is 10. The van der Waals surface area contributed by atoms with Crippen molar-refractivity contribution in [3.8, 4) is 67.5 Å². The van der Waals surface area contributed by atoms with Crippen molar-refractivity contribution < 1.29 is 0 Å². The molecule has 18 aromatic carbocycles. The van der Waals surface area contributed by atoms with Crippen LogP contribution in [0, 0.1) is 0 Å². The normalized spacial score (nSPS) is 12.7. The fourth-order valence-corrected chi connectivity index (χ4v) is 20.8. The first-order valence-corrected chi connectivity index (χ1v) is 40.9. The summed E-state index contributed by atoms with van der Waals surface area (Å²) in [4.78, 5) is 2.41. The average molecular weight is 1500 g/mol. The maximum Gasteiger partial charge on any atom is 0.0568 e. The van der Waals surface area contributed by atoms with E-state index in [-0.39, 0.29) is 5.41 Å². The summed E-state index contributed by atoms with van der Waals surface area (Å²) in [7, 11) is 0. The molecular formula is C111H73N7. The minimum Gasteiger partial charge on any atom is -0.310 e. The van der Waals surface area contributed by atoms with E-state index >= 15 is 0 Å². The van der Waals surface area contributed by atoms with E-state index in [1.165, 1.54) is 115 Å². The largest absolute Gasteiger partial charge is 0.310 e. The summed E-state index contributed by atoms with van der Waals surface area (Å²) in [5.74, 6) is 0. The first-order chi connectivity index (χ1) is 58.4. The molecule has 552 valence electrons. The van der Waals surface area contributed by atoms with Crippen LogP contribution in [-0.2, 0) is 5.41 Å². The zero-order valence-electron chi connectivity index (χ0n) is 64.8. The zero-order valence-corrected chi connectivity index (χ0v) is 64.8. The number of anilines is 3. The smallest absolute Gasteiger partial charge is 0.0568 e. The van der Waals surface area contributed by atoms with Gasteiger partial charge in [-0.25, -0.2) is 0 Å². The fourth-order valence-electron chi connectivity index (χ4n) is 20.8. The molecule has 0 amide bonds. The highest BCUT2D eigenvalue weighted by molar-refractivity contribution is 6.22. The summed E-state index contributed by atoms with van der Waals surface area (Å²) < 4.78 is 15.1. The van der Waals surface area contributed by atoms with Crippen LogP contribution in [0.2, 0.25) is 0 Å². The Kier molecular flexibility index (Phi) is 14.1. The molecule has 0 atom stereocenters. The molecule has 24 aromatic rings. The second-order valence-electron chi connectivity index (χ2n) is 32.3. The van der Waals surface area contributed by atoms with Crippen LogP contribution < -0.4 is 4.90 Å². The minimum absolute atomic E-state index is 0.155. The molecule has 0 bridgehead atoms. The molecule has 1 aliphatic carbocycles. The lowest BCUT2D eigenvalue weighted by Gasteiger charge is -2.27. The number of fused-ring (bicyclic) bond motifs is 21. The van der Waals surface area contributed by atoms with Crippen LogP contribution in [0.5, 0.6) is 0 Å². The lowest BCUT2D eigenvalue weighted by atomic mass is 9.82. The van der Waals surface area contributed by atoms with E-state index in [1.54, 1.807) is 0 Å². The van der Waals surface area contributed by atoms with Crippen molar-refractivity contribution >= 4 is 148 Å². The Hall–Kier alpha value is -15.4. The summed E-state index contributed by atoms with van der Waals surface area (Å²) >= 11 is 0. The van der Waals surface area contributed by atoms with Crippen LogP contribution in [0.4, 0.5) is 17.1 Å². The highest BCUT2D eigenvalue weighted by Crippen LogP contribution is 2.54. The minimum atomic E-state index is -0.155. The van der Waals surface area contributed by atoms with Crippen LogP contribution in [0.1, 0.15) is 25.0 Å². The molecule has 118 heavy (non-hydrogen) atoms. The van der Waals surface area contributed by atoms with Crippen LogP contribution in [0.3, 0.4) is 0 Å². The second kappa shape index (κ2) is 25.3. The number of benzene rings is 18. The van der Waals surface area contributed by atoms with Gasteiger partial charge in [0.15, 0.2) is 0 Å². The van der Waals surface area contributed by atoms with Crippen molar-refractivity contribution in [2.24, 2.45) is 0 Å². The van der Waals surface area contributed by atoms with E-state index < -0.39 is 0 Å². The number of aromatic nitrogens is 6. The molecule has 0 N–H and O–H groups in total. The van der Waals surface area contributed by atoms with E-state index in [2.05, 4.69) is 453 Å². The monoisotopic (exact) mass is 1500 g/mol. The van der Waals surface area contributed by atoms with Gasteiger partial charge in [-0.2, -0.15) is 0 Å². The molecule has 0 unspecified atom stereocenters.